The highest BCUT2D eigenvalue weighted by Gasteiger charge is 2.15. The molecule has 2 rings (SSSR count). The number of nitrogens with one attached hydrogen (secondary N) is 1. The van der Waals surface area contributed by atoms with Gasteiger partial charge in [-0.1, -0.05) is 19.3 Å². The molecule has 1 aliphatic carbocycles. The van der Waals surface area contributed by atoms with Crippen LogP contribution in [0, 0.1) is 10.1 Å². The third-order valence-electron chi connectivity index (χ3n) is 3.56. The van der Waals surface area contributed by atoms with Crippen molar-refractivity contribution in [3.05, 3.63) is 39.9 Å². The molecule has 102 valence electrons. The second kappa shape index (κ2) is 6.43. The molecule has 0 heterocycles. The Bertz CT molecular complexity index is 450. The van der Waals surface area contributed by atoms with Gasteiger partial charge in [-0.05, 0) is 25.0 Å². The van der Waals surface area contributed by atoms with Crippen molar-refractivity contribution in [1.82, 2.24) is 5.32 Å². The molecule has 19 heavy (non-hydrogen) atoms. The third kappa shape index (κ3) is 3.86. The first-order valence-corrected chi connectivity index (χ1v) is 6.68. The van der Waals surface area contributed by atoms with Crippen LogP contribution in [0.15, 0.2) is 24.3 Å². The van der Waals surface area contributed by atoms with Crippen molar-refractivity contribution in [3.8, 4) is 0 Å². The first kappa shape index (κ1) is 13.7. The summed E-state index contributed by atoms with van der Waals surface area (Å²) in [6.45, 7) is 0.308. The number of ketones is 1. The quantitative estimate of drug-likeness (QED) is 0.503. The van der Waals surface area contributed by atoms with E-state index in [0.717, 1.165) is 12.8 Å². The Labute approximate surface area is 112 Å². The van der Waals surface area contributed by atoms with Crippen molar-refractivity contribution in [2.75, 3.05) is 6.54 Å². The normalized spacial score (nSPS) is 16.2. The topological polar surface area (TPSA) is 72.2 Å². The SMILES string of the molecule is O=C(CNC1CCCCC1)c1ccc([N+](=O)[O-])cc1. The zero-order chi connectivity index (χ0) is 13.7. The lowest BCUT2D eigenvalue weighted by molar-refractivity contribution is -0.384. The lowest BCUT2D eigenvalue weighted by atomic mass is 9.95. The molecule has 1 fully saturated rings. The maximum atomic E-state index is 11.9. The van der Waals surface area contributed by atoms with Gasteiger partial charge in [-0.2, -0.15) is 0 Å². The molecule has 1 aromatic rings. The van der Waals surface area contributed by atoms with Crippen molar-refractivity contribution < 1.29 is 9.72 Å². The lowest BCUT2D eigenvalue weighted by Crippen LogP contribution is -2.35. The number of carbonyl (C=O) groups excluding carboxylic acids is 1. The summed E-state index contributed by atoms with van der Waals surface area (Å²) in [5.74, 6) is -0.0135. The monoisotopic (exact) mass is 262 g/mol. The molecular formula is C14H18N2O3. The van der Waals surface area contributed by atoms with E-state index in [0.29, 0.717) is 18.2 Å². The van der Waals surface area contributed by atoms with Gasteiger partial charge in [-0.25, -0.2) is 0 Å². The molecule has 0 bridgehead atoms. The van der Waals surface area contributed by atoms with E-state index in [-0.39, 0.29) is 11.5 Å². The van der Waals surface area contributed by atoms with E-state index in [2.05, 4.69) is 5.32 Å². The summed E-state index contributed by atoms with van der Waals surface area (Å²) >= 11 is 0. The molecule has 0 atom stereocenters. The fraction of sp³-hybridized carbons (Fsp3) is 0.500. The number of Topliss-reactive ketones (excluding diaryl/α,β-unsaturated/α-hetero) is 1. The van der Waals surface area contributed by atoms with Gasteiger partial charge in [-0.3, -0.25) is 14.9 Å². The van der Waals surface area contributed by atoms with Gasteiger partial charge in [0.15, 0.2) is 5.78 Å². The molecule has 1 aliphatic rings. The van der Waals surface area contributed by atoms with Gasteiger partial charge < -0.3 is 5.32 Å². The van der Waals surface area contributed by atoms with Crippen LogP contribution in [0.25, 0.3) is 0 Å². The Morgan fingerprint density at radius 1 is 1.21 bits per heavy atom. The van der Waals surface area contributed by atoms with Crippen LogP contribution in [0.5, 0.6) is 0 Å². The molecule has 1 saturated carbocycles. The van der Waals surface area contributed by atoms with Gasteiger partial charge in [-0.15, -0.1) is 0 Å². The van der Waals surface area contributed by atoms with E-state index in [4.69, 9.17) is 0 Å². The summed E-state index contributed by atoms with van der Waals surface area (Å²) in [6, 6.07) is 6.21. The van der Waals surface area contributed by atoms with Crippen LogP contribution in [0.3, 0.4) is 0 Å². The van der Waals surface area contributed by atoms with Gasteiger partial charge in [0.25, 0.3) is 5.69 Å². The molecule has 1 N–H and O–H groups in total. The molecule has 1 aromatic carbocycles. The van der Waals surface area contributed by atoms with Gasteiger partial charge in [0, 0.05) is 23.7 Å². The van der Waals surface area contributed by atoms with Crippen LogP contribution in [0.2, 0.25) is 0 Å². The number of carbonyl (C=O) groups is 1. The molecule has 0 aromatic heterocycles. The number of hydrogen-bond donors (Lipinski definition) is 1. The fourth-order valence-electron chi connectivity index (χ4n) is 2.41. The highest BCUT2D eigenvalue weighted by atomic mass is 16.6. The predicted octanol–water partition coefficient (Wildman–Crippen LogP) is 2.70. The molecule has 0 radical (unpaired) electrons. The van der Waals surface area contributed by atoms with E-state index in [1.807, 2.05) is 0 Å². The van der Waals surface area contributed by atoms with Gasteiger partial charge in [0.1, 0.15) is 0 Å². The van der Waals surface area contributed by atoms with Crippen molar-refractivity contribution in [1.29, 1.82) is 0 Å². The average Bonchev–Trinajstić information content (AvgIpc) is 2.46. The maximum Gasteiger partial charge on any atom is 0.269 e. The number of rotatable bonds is 5. The van der Waals surface area contributed by atoms with E-state index < -0.39 is 4.92 Å². The summed E-state index contributed by atoms with van der Waals surface area (Å²) in [4.78, 5) is 22.0. The molecule has 0 aliphatic heterocycles. The molecule has 0 unspecified atom stereocenters. The number of hydrogen-bond acceptors (Lipinski definition) is 4. The lowest BCUT2D eigenvalue weighted by Gasteiger charge is -2.22. The second-order valence-corrected chi connectivity index (χ2v) is 4.94. The molecule has 0 spiro atoms. The summed E-state index contributed by atoms with van der Waals surface area (Å²) in [5, 5.41) is 13.8. The molecule has 5 heteroatoms. The van der Waals surface area contributed by atoms with Crippen LogP contribution < -0.4 is 5.32 Å². The van der Waals surface area contributed by atoms with E-state index in [9.17, 15) is 14.9 Å². The van der Waals surface area contributed by atoms with E-state index >= 15 is 0 Å². The summed E-state index contributed by atoms with van der Waals surface area (Å²) < 4.78 is 0. The standard InChI is InChI=1S/C14H18N2O3/c17-14(10-15-12-4-2-1-3-5-12)11-6-8-13(9-7-11)16(18)19/h6-9,12,15H,1-5,10H2. The smallest absolute Gasteiger partial charge is 0.269 e. The minimum atomic E-state index is -0.464. The minimum absolute atomic E-state index is 0.0109. The van der Waals surface area contributed by atoms with Gasteiger partial charge in [0.2, 0.25) is 0 Å². The Morgan fingerprint density at radius 2 is 1.84 bits per heavy atom. The van der Waals surface area contributed by atoms with Gasteiger partial charge in [0.05, 0.1) is 11.5 Å². The van der Waals surface area contributed by atoms with E-state index in [1.54, 1.807) is 0 Å². The largest absolute Gasteiger partial charge is 0.307 e. The number of non-ortho nitro benzene ring substituents is 1. The molecule has 0 amide bonds. The Kier molecular flexibility index (Phi) is 4.63. The number of benzene rings is 1. The van der Waals surface area contributed by atoms with Crippen LogP contribution in [0.4, 0.5) is 5.69 Å². The first-order valence-electron chi connectivity index (χ1n) is 6.68. The first-order chi connectivity index (χ1) is 9.16. The summed E-state index contributed by atoms with van der Waals surface area (Å²) in [5.41, 5.74) is 0.533. The Morgan fingerprint density at radius 3 is 2.42 bits per heavy atom. The average molecular weight is 262 g/mol. The maximum absolute atomic E-state index is 11.9. The van der Waals surface area contributed by atoms with Crippen molar-refractivity contribution >= 4 is 11.5 Å². The highest BCUT2D eigenvalue weighted by Crippen LogP contribution is 2.17. The summed E-state index contributed by atoms with van der Waals surface area (Å²) in [6.07, 6.45) is 6.00. The van der Waals surface area contributed by atoms with Crippen LogP contribution in [-0.2, 0) is 0 Å². The highest BCUT2D eigenvalue weighted by molar-refractivity contribution is 5.97. The van der Waals surface area contributed by atoms with Crippen LogP contribution in [0.1, 0.15) is 42.5 Å². The molecular weight excluding hydrogens is 244 g/mol. The minimum Gasteiger partial charge on any atom is -0.307 e. The molecule has 0 saturated heterocycles. The zero-order valence-electron chi connectivity index (χ0n) is 10.8. The number of nitrogens with zero attached hydrogens (tertiary/aromatic N) is 1. The number of nitro groups is 1. The van der Waals surface area contributed by atoms with Crippen molar-refractivity contribution in [2.24, 2.45) is 0 Å². The summed E-state index contributed by atoms with van der Waals surface area (Å²) in [7, 11) is 0. The van der Waals surface area contributed by atoms with Crippen molar-refractivity contribution in [3.63, 3.8) is 0 Å². The predicted molar refractivity (Wildman–Crippen MR) is 72.3 cm³/mol. The second-order valence-electron chi connectivity index (χ2n) is 4.94. The zero-order valence-corrected chi connectivity index (χ0v) is 10.8. The number of nitro benzene ring substituents is 1. The Hall–Kier alpha value is -1.75. The van der Waals surface area contributed by atoms with Crippen molar-refractivity contribution in [2.45, 2.75) is 38.1 Å². The van der Waals surface area contributed by atoms with Gasteiger partial charge >= 0.3 is 0 Å². The molecule has 5 nitrogen and oxygen atoms in total. The Balaban J connectivity index is 1.86. The third-order valence-corrected chi connectivity index (χ3v) is 3.56. The fourth-order valence-corrected chi connectivity index (χ4v) is 2.41. The van der Waals surface area contributed by atoms with Crippen LogP contribution >= 0.6 is 0 Å². The van der Waals surface area contributed by atoms with Crippen LogP contribution in [-0.4, -0.2) is 23.3 Å². The van der Waals surface area contributed by atoms with E-state index in [1.165, 1.54) is 43.5 Å².